The van der Waals surface area contributed by atoms with E-state index in [0.29, 0.717) is 5.92 Å². The monoisotopic (exact) mass is 249 g/mol. The normalized spacial score (nSPS) is 21.7. The van der Waals surface area contributed by atoms with Crippen LogP contribution >= 0.6 is 0 Å². The minimum atomic E-state index is -0.338. The molecule has 0 unspecified atom stereocenters. The lowest BCUT2D eigenvalue weighted by molar-refractivity contribution is 0.176. The number of nitrogens with one attached hydrogen (secondary N) is 1. The van der Waals surface area contributed by atoms with Crippen LogP contribution in [0.25, 0.3) is 10.9 Å². The van der Waals surface area contributed by atoms with Crippen LogP contribution < -0.4 is 0 Å². The van der Waals surface area contributed by atoms with E-state index in [4.69, 9.17) is 0 Å². The molecule has 1 aromatic heterocycles. The molecule has 0 bridgehead atoms. The molecule has 4 rings (SSSR count). The van der Waals surface area contributed by atoms with E-state index >= 15 is 0 Å². The van der Waals surface area contributed by atoms with Crippen LogP contribution in [0, 0.1) is 0 Å². The lowest BCUT2D eigenvalue weighted by Gasteiger charge is -2.13. The summed E-state index contributed by atoms with van der Waals surface area (Å²) in [5.74, 6) is 0.297. The molecule has 0 amide bonds. The molecule has 2 nitrogen and oxygen atoms in total. The lowest BCUT2D eigenvalue weighted by atomic mass is 9.91. The van der Waals surface area contributed by atoms with Gasteiger partial charge in [-0.1, -0.05) is 36.4 Å². The van der Waals surface area contributed by atoms with Crippen molar-refractivity contribution in [2.45, 2.75) is 18.4 Å². The number of aromatic amines is 1. The third-order valence-corrected chi connectivity index (χ3v) is 4.19. The van der Waals surface area contributed by atoms with Crippen LogP contribution in [-0.4, -0.2) is 10.1 Å². The predicted octanol–water partition coefficient (Wildman–Crippen LogP) is 3.74. The Labute approximate surface area is 111 Å². The van der Waals surface area contributed by atoms with E-state index < -0.39 is 0 Å². The summed E-state index contributed by atoms with van der Waals surface area (Å²) in [4.78, 5) is 3.26. The number of rotatable bonds is 1. The van der Waals surface area contributed by atoms with Crippen LogP contribution in [0.2, 0.25) is 0 Å². The van der Waals surface area contributed by atoms with Gasteiger partial charge in [0.1, 0.15) is 0 Å². The molecule has 1 aliphatic carbocycles. The van der Waals surface area contributed by atoms with Gasteiger partial charge in [-0.15, -0.1) is 0 Å². The highest BCUT2D eigenvalue weighted by Crippen LogP contribution is 2.45. The Morgan fingerprint density at radius 2 is 1.68 bits per heavy atom. The summed E-state index contributed by atoms with van der Waals surface area (Å²) < 4.78 is 0. The van der Waals surface area contributed by atoms with Gasteiger partial charge in [0.05, 0.1) is 6.10 Å². The SMILES string of the molecule is O[C@@H]1C[C@H](c2cccc3[nH]ccc23)c2ccccc21. The van der Waals surface area contributed by atoms with Gasteiger partial charge in [0.15, 0.2) is 0 Å². The van der Waals surface area contributed by atoms with Crippen molar-refractivity contribution in [3.63, 3.8) is 0 Å². The standard InChI is InChI=1S/C17H15NO/c19-17-10-15(12-4-1-2-5-14(12)17)11-6-3-7-16-13(11)8-9-18-16/h1-9,15,17-19H,10H2/t15-,17-/m1/s1. The van der Waals surface area contributed by atoms with Gasteiger partial charge in [-0.25, -0.2) is 0 Å². The van der Waals surface area contributed by atoms with Gasteiger partial charge in [0.2, 0.25) is 0 Å². The highest BCUT2D eigenvalue weighted by atomic mass is 16.3. The molecule has 0 saturated carbocycles. The third kappa shape index (κ3) is 1.53. The quantitative estimate of drug-likeness (QED) is 0.677. The second-order valence-corrected chi connectivity index (χ2v) is 5.22. The zero-order chi connectivity index (χ0) is 12.8. The van der Waals surface area contributed by atoms with Gasteiger partial charge in [0.25, 0.3) is 0 Å². The summed E-state index contributed by atoms with van der Waals surface area (Å²) >= 11 is 0. The Hall–Kier alpha value is -2.06. The molecular formula is C17H15NO. The number of benzene rings is 2. The lowest BCUT2D eigenvalue weighted by Crippen LogP contribution is -1.97. The van der Waals surface area contributed by atoms with Crippen LogP contribution in [0.15, 0.2) is 54.7 Å². The predicted molar refractivity (Wildman–Crippen MR) is 76.2 cm³/mol. The van der Waals surface area contributed by atoms with Crippen molar-refractivity contribution in [3.05, 3.63) is 71.4 Å². The van der Waals surface area contributed by atoms with E-state index in [9.17, 15) is 5.11 Å². The summed E-state index contributed by atoms with van der Waals surface area (Å²) in [6, 6.07) is 16.7. The highest BCUT2D eigenvalue weighted by Gasteiger charge is 2.31. The third-order valence-electron chi connectivity index (χ3n) is 4.19. The zero-order valence-electron chi connectivity index (χ0n) is 10.5. The van der Waals surface area contributed by atoms with Crippen LogP contribution in [-0.2, 0) is 0 Å². The van der Waals surface area contributed by atoms with Crippen LogP contribution in [0.4, 0.5) is 0 Å². The molecule has 2 heteroatoms. The largest absolute Gasteiger partial charge is 0.388 e. The topological polar surface area (TPSA) is 36.0 Å². The number of hydrogen-bond acceptors (Lipinski definition) is 1. The second-order valence-electron chi connectivity index (χ2n) is 5.22. The van der Waals surface area contributed by atoms with E-state index in [0.717, 1.165) is 17.5 Å². The first kappa shape index (κ1) is 10.8. The molecule has 1 aliphatic rings. The van der Waals surface area contributed by atoms with Crippen molar-refractivity contribution in [2.24, 2.45) is 0 Å². The van der Waals surface area contributed by atoms with Crippen molar-refractivity contribution in [1.82, 2.24) is 4.98 Å². The molecule has 19 heavy (non-hydrogen) atoms. The molecule has 2 aromatic carbocycles. The maximum atomic E-state index is 10.2. The van der Waals surface area contributed by atoms with Gasteiger partial charge < -0.3 is 10.1 Å². The fraction of sp³-hybridized carbons (Fsp3) is 0.176. The summed E-state index contributed by atoms with van der Waals surface area (Å²) in [6.07, 6.45) is 2.42. The Kier molecular flexibility index (Phi) is 2.26. The number of aliphatic hydroxyl groups is 1. The minimum Gasteiger partial charge on any atom is -0.388 e. The van der Waals surface area contributed by atoms with Gasteiger partial charge in [0, 0.05) is 23.0 Å². The Morgan fingerprint density at radius 3 is 2.58 bits per heavy atom. The molecule has 3 aromatic rings. The Bertz CT molecular complexity index is 744. The molecular weight excluding hydrogens is 234 g/mol. The number of H-pyrrole nitrogens is 1. The molecule has 1 heterocycles. The van der Waals surface area contributed by atoms with Crippen LogP contribution in [0.3, 0.4) is 0 Å². The molecule has 2 atom stereocenters. The summed E-state index contributed by atoms with van der Waals surface area (Å²) in [6.45, 7) is 0. The van der Waals surface area contributed by atoms with Crippen molar-refractivity contribution >= 4 is 10.9 Å². The van der Waals surface area contributed by atoms with Crippen molar-refractivity contribution in [3.8, 4) is 0 Å². The Morgan fingerprint density at radius 1 is 0.895 bits per heavy atom. The maximum absolute atomic E-state index is 10.2. The van der Waals surface area contributed by atoms with E-state index in [1.807, 2.05) is 18.3 Å². The number of fused-ring (bicyclic) bond motifs is 2. The zero-order valence-corrected chi connectivity index (χ0v) is 10.5. The van der Waals surface area contributed by atoms with Gasteiger partial charge in [-0.05, 0) is 35.2 Å². The summed E-state index contributed by atoms with van der Waals surface area (Å²) in [5.41, 5.74) is 4.82. The first-order valence-corrected chi connectivity index (χ1v) is 6.67. The highest BCUT2D eigenvalue weighted by molar-refractivity contribution is 5.84. The molecule has 0 spiro atoms. The van der Waals surface area contributed by atoms with Crippen molar-refractivity contribution in [2.75, 3.05) is 0 Å². The minimum absolute atomic E-state index is 0.297. The number of hydrogen-bond donors (Lipinski definition) is 2. The van der Waals surface area contributed by atoms with Crippen molar-refractivity contribution in [1.29, 1.82) is 0 Å². The average molecular weight is 249 g/mol. The fourth-order valence-electron chi connectivity index (χ4n) is 3.32. The Balaban J connectivity index is 1.93. The summed E-state index contributed by atoms with van der Waals surface area (Å²) in [5, 5.41) is 11.5. The second kappa shape index (κ2) is 3.97. The van der Waals surface area contributed by atoms with Gasteiger partial charge in [-0.3, -0.25) is 0 Å². The molecule has 0 radical (unpaired) electrons. The first-order valence-electron chi connectivity index (χ1n) is 6.67. The molecule has 0 saturated heterocycles. The van der Waals surface area contributed by atoms with E-state index in [1.54, 1.807) is 0 Å². The van der Waals surface area contributed by atoms with Crippen LogP contribution in [0.1, 0.15) is 35.1 Å². The maximum Gasteiger partial charge on any atom is 0.0802 e. The van der Waals surface area contributed by atoms with Crippen molar-refractivity contribution < 1.29 is 5.11 Å². The number of aromatic nitrogens is 1. The van der Waals surface area contributed by atoms with E-state index in [1.165, 1.54) is 16.5 Å². The number of aliphatic hydroxyl groups excluding tert-OH is 1. The first-order chi connectivity index (χ1) is 9.34. The molecule has 0 aliphatic heterocycles. The smallest absolute Gasteiger partial charge is 0.0802 e. The van der Waals surface area contributed by atoms with E-state index in [-0.39, 0.29) is 6.10 Å². The summed E-state index contributed by atoms with van der Waals surface area (Å²) in [7, 11) is 0. The fourth-order valence-corrected chi connectivity index (χ4v) is 3.32. The van der Waals surface area contributed by atoms with Gasteiger partial charge in [-0.2, -0.15) is 0 Å². The van der Waals surface area contributed by atoms with E-state index in [2.05, 4.69) is 41.4 Å². The molecule has 0 fully saturated rings. The van der Waals surface area contributed by atoms with Gasteiger partial charge >= 0.3 is 0 Å². The molecule has 94 valence electrons. The average Bonchev–Trinajstić information content (AvgIpc) is 3.04. The molecule has 2 N–H and O–H groups in total. The van der Waals surface area contributed by atoms with Crippen LogP contribution in [0.5, 0.6) is 0 Å².